The zero-order valence-corrected chi connectivity index (χ0v) is 23.2. The minimum atomic E-state index is -1.36. The van der Waals surface area contributed by atoms with Crippen molar-refractivity contribution < 1.29 is 47.6 Å². The molecule has 3 aromatic carbocycles. The Labute approximate surface area is 247 Å². The van der Waals surface area contributed by atoms with Crippen LogP contribution in [-0.2, 0) is 36.9 Å². The number of ether oxygens (including phenoxy) is 5. The van der Waals surface area contributed by atoms with Gasteiger partial charge in [0.05, 0.1) is 22.8 Å². The molecular weight excluding hydrogens is 556 g/mol. The van der Waals surface area contributed by atoms with E-state index >= 15 is 0 Å². The van der Waals surface area contributed by atoms with E-state index in [0.717, 1.165) is 0 Å². The van der Waals surface area contributed by atoms with Gasteiger partial charge in [-0.25, -0.2) is 14.4 Å². The molecule has 0 bridgehead atoms. The van der Waals surface area contributed by atoms with Crippen LogP contribution >= 0.6 is 0 Å². The highest BCUT2D eigenvalue weighted by Gasteiger charge is 2.52. The van der Waals surface area contributed by atoms with Crippen LogP contribution in [-0.4, -0.2) is 53.7 Å². The number of aliphatic hydroxyl groups is 1. The molecule has 0 amide bonds. The zero-order chi connectivity index (χ0) is 30.2. The van der Waals surface area contributed by atoms with Crippen LogP contribution in [0.15, 0.2) is 108 Å². The molecule has 0 radical (unpaired) electrons. The highest BCUT2D eigenvalue weighted by molar-refractivity contribution is 5.91. The molecule has 10 heteroatoms. The molecule has 1 fully saturated rings. The van der Waals surface area contributed by atoms with Gasteiger partial charge in [0.1, 0.15) is 24.7 Å². The van der Waals surface area contributed by atoms with Crippen LogP contribution in [0.5, 0.6) is 0 Å². The summed E-state index contributed by atoms with van der Waals surface area (Å²) >= 11 is 0. The van der Waals surface area contributed by atoms with E-state index in [2.05, 4.69) is 0 Å². The summed E-state index contributed by atoms with van der Waals surface area (Å²) in [5.41, 5.74) is 0.758. The normalized spacial score (nSPS) is 21.5. The predicted molar refractivity (Wildman–Crippen MR) is 151 cm³/mol. The van der Waals surface area contributed by atoms with E-state index in [1.54, 1.807) is 110 Å². The minimum absolute atomic E-state index is 0.120. The van der Waals surface area contributed by atoms with Gasteiger partial charge in [0.25, 0.3) is 0 Å². The SMILES string of the molecule is CC1O[C@@H](OCc2ccc(CO)o2)C(OC(=O)c2ccccc2)[C@@H](OC(=O)c2ccccc2)[C@H]1OC(=O)c1ccccc1. The van der Waals surface area contributed by atoms with Crippen molar-refractivity contribution in [3.63, 3.8) is 0 Å². The summed E-state index contributed by atoms with van der Waals surface area (Å²) in [5, 5.41) is 9.34. The number of hydrogen-bond donors (Lipinski definition) is 1. The van der Waals surface area contributed by atoms with Crippen LogP contribution in [0.2, 0.25) is 0 Å². The van der Waals surface area contributed by atoms with Gasteiger partial charge in [-0.15, -0.1) is 0 Å². The Bertz CT molecular complexity index is 1500. The Kier molecular flexibility index (Phi) is 9.63. The molecule has 222 valence electrons. The average Bonchev–Trinajstić information content (AvgIpc) is 3.52. The van der Waals surface area contributed by atoms with Gasteiger partial charge in [-0.05, 0) is 55.5 Å². The fourth-order valence-corrected chi connectivity index (χ4v) is 4.58. The number of benzene rings is 3. The molecule has 1 aliphatic heterocycles. The maximum Gasteiger partial charge on any atom is 0.338 e. The fraction of sp³-hybridized carbons (Fsp3) is 0.242. The average molecular weight is 587 g/mol. The van der Waals surface area contributed by atoms with Crippen molar-refractivity contribution in [2.75, 3.05) is 0 Å². The third-order valence-electron chi connectivity index (χ3n) is 6.75. The Balaban J connectivity index is 1.48. The Morgan fingerprint density at radius 2 is 1.07 bits per heavy atom. The lowest BCUT2D eigenvalue weighted by Crippen LogP contribution is -2.61. The third kappa shape index (κ3) is 7.36. The molecule has 1 aliphatic rings. The van der Waals surface area contributed by atoms with E-state index in [0.29, 0.717) is 11.5 Å². The second-order valence-corrected chi connectivity index (χ2v) is 9.75. The predicted octanol–water partition coefficient (Wildman–Crippen LogP) is 4.71. The molecule has 5 atom stereocenters. The fourth-order valence-electron chi connectivity index (χ4n) is 4.58. The number of furan rings is 1. The van der Waals surface area contributed by atoms with Crippen molar-refractivity contribution in [1.82, 2.24) is 0 Å². The van der Waals surface area contributed by atoms with Crippen LogP contribution in [0, 0.1) is 0 Å². The van der Waals surface area contributed by atoms with E-state index in [1.165, 1.54) is 0 Å². The Morgan fingerprint density at radius 3 is 1.53 bits per heavy atom. The van der Waals surface area contributed by atoms with Crippen molar-refractivity contribution >= 4 is 17.9 Å². The molecule has 0 aliphatic carbocycles. The standard InChI is InChI=1S/C33H30O10/c1-21-27(41-30(35)22-11-5-2-6-12-22)28(42-31(36)23-13-7-3-8-14-23)29(43-32(37)24-15-9-4-10-16-24)33(39-21)38-20-26-18-17-25(19-34)40-26/h2-18,21,27-29,33-34H,19-20H2,1H3/t21?,27-,28-,29?,33+/m0/s1. The topological polar surface area (TPSA) is 131 Å². The van der Waals surface area contributed by atoms with E-state index in [1.807, 2.05) is 0 Å². The van der Waals surface area contributed by atoms with Gasteiger partial charge in [0.2, 0.25) is 0 Å². The van der Waals surface area contributed by atoms with Crippen molar-refractivity contribution in [1.29, 1.82) is 0 Å². The number of carbonyl (C=O) groups is 3. The lowest BCUT2D eigenvalue weighted by molar-refractivity contribution is -0.294. The van der Waals surface area contributed by atoms with Gasteiger partial charge < -0.3 is 33.2 Å². The van der Waals surface area contributed by atoms with Gasteiger partial charge >= 0.3 is 17.9 Å². The molecular formula is C33H30O10. The molecule has 4 aromatic rings. The number of hydrogen-bond acceptors (Lipinski definition) is 10. The first-order chi connectivity index (χ1) is 20.9. The van der Waals surface area contributed by atoms with Crippen LogP contribution < -0.4 is 0 Å². The summed E-state index contributed by atoms with van der Waals surface area (Å²) in [5.74, 6) is -1.41. The van der Waals surface area contributed by atoms with Crippen molar-refractivity contribution in [2.45, 2.75) is 50.8 Å². The van der Waals surface area contributed by atoms with Gasteiger partial charge in [-0.2, -0.15) is 0 Å². The van der Waals surface area contributed by atoms with E-state index in [9.17, 15) is 19.5 Å². The molecule has 43 heavy (non-hydrogen) atoms. The molecule has 1 N–H and O–H groups in total. The Hall–Kier alpha value is -4.77. The summed E-state index contributed by atoms with van der Waals surface area (Å²) in [6.45, 7) is 1.22. The van der Waals surface area contributed by atoms with Gasteiger partial charge in [-0.1, -0.05) is 54.6 Å². The summed E-state index contributed by atoms with van der Waals surface area (Å²) in [7, 11) is 0. The maximum absolute atomic E-state index is 13.3. The molecule has 10 nitrogen and oxygen atoms in total. The van der Waals surface area contributed by atoms with Crippen LogP contribution in [0.3, 0.4) is 0 Å². The highest BCUT2D eigenvalue weighted by atomic mass is 16.7. The smallest absolute Gasteiger partial charge is 0.338 e. The number of aliphatic hydroxyl groups excluding tert-OH is 1. The Morgan fingerprint density at radius 1 is 0.628 bits per heavy atom. The molecule has 0 spiro atoms. The number of esters is 3. The molecule has 5 rings (SSSR count). The maximum atomic E-state index is 13.3. The van der Waals surface area contributed by atoms with Gasteiger partial charge in [-0.3, -0.25) is 0 Å². The van der Waals surface area contributed by atoms with Crippen LogP contribution in [0.4, 0.5) is 0 Å². The van der Waals surface area contributed by atoms with Gasteiger partial charge in [0, 0.05) is 0 Å². The first kappa shape index (κ1) is 29.7. The molecule has 2 heterocycles. The summed E-state index contributed by atoms with van der Waals surface area (Å²) in [4.78, 5) is 39.7. The largest absolute Gasteiger partial charge is 0.461 e. The van der Waals surface area contributed by atoms with E-state index < -0.39 is 48.6 Å². The van der Waals surface area contributed by atoms with E-state index in [4.69, 9.17) is 28.1 Å². The van der Waals surface area contributed by atoms with Crippen molar-refractivity contribution in [3.05, 3.63) is 131 Å². The second-order valence-electron chi connectivity index (χ2n) is 9.75. The molecule has 2 unspecified atom stereocenters. The zero-order valence-electron chi connectivity index (χ0n) is 23.2. The second kappa shape index (κ2) is 13.9. The third-order valence-corrected chi connectivity index (χ3v) is 6.75. The highest BCUT2D eigenvalue weighted by Crippen LogP contribution is 2.31. The monoisotopic (exact) mass is 586 g/mol. The van der Waals surface area contributed by atoms with Crippen molar-refractivity contribution in [3.8, 4) is 0 Å². The van der Waals surface area contributed by atoms with Gasteiger partial charge in [0.15, 0.2) is 24.6 Å². The number of rotatable bonds is 10. The minimum Gasteiger partial charge on any atom is -0.461 e. The van der Waals surface area contributed by atoms with Crippen LogP contribution in [0.1, 0.15) is 49.5 Å². The van der Waals surface area contributed by atoms with E-state index in [-0.39, 0.29) is 29.9 Å². The summed E-state index contributed by atoms with van der Waals surface area (Å²) < 4.78 is 35.3. The molecule has 1 aromatic heterocycles. The summed E-state index contributed by atoms with van der Waals surface area (Å²) in [6, 6.07) is 28.0. The quantitative estimate of drug-likeness (QED) is 0.206. The first-order valence-corrected chi connectivity index (χ1v) is 13.7. The molecule has 0 saturated carbocycles. The summed E-state index contributed by atoms with van der Waals surface area (Å²) in [6.07, 6.45) is -5.99. The lowest BCUT2D eigenvalue weighted by atomic mass is 9.98. The lowest BCUT2D eigenvalue weighted by Gasteiger charge is -2.43. The van der Waals surface area contributed by atoms with Crippen molar-refractivity contribution in [2.24, 2.45) is 0 Å². The number of carbonyl (C=O) groups excluding carboxylic acids is 3. The first-order valence-electron chi connectivity index (χ1n) is 13.7. The van der Waals surface area contributed by atoms with Crippen LogP contribution in [0.25, 0.3) is 0 Å². The molecule has 1 saturated heterocycles.